The molecule has 1 aliphatic rings. The first-order valence-corrected chi connectivity index (χ1v) is 9.85. The normalized spacial score (nSPS) is 16.1. The molecule has 6 nitrogen and oxygen atoms in total. The molecule has 140 valence electrons. The van der Waals surface area contributed by atoms with Gasteiger partial charge in [-0.2, -0.15) is 5.10 Å². The number of fused-ring (bicyclic) bond motifs is 1. The molecule has 1 N–H and O–H groups in total. The Morgan fingerprint density at radius 1 is 1.41 bits per heavy atom. The van der Waals surface area contributed by atoms with Gasteiger partial charge in [-0.3, -0.25) is 4.79 Å². The van der Waals surface area contributed by atoms with Gasteiger partial charge < -0.3 is 5.32 Å². The third-order valence-corrected chi connectivity index (χ3v) is 5.63. The summed E-state index contributed by atoms with van der Waals surface area (Å²) in [5, 5.41) is 8.25. The fourth-order valence-electron chi connectivity index (χ4n) is 3.19. The average molecular weight is 385 g/mol. The zero-order valence-corrected chi connectivity index (χ0v) is 15.8. The maximum absolute atomic E-state index is 13.8. The Hall–Kier alpha value is -2.61. The summed E-state index contributed by atoms with van der Waals surface area (Å²) in [6.07, 6.45) is 4.40. The molecule has 0 saturated heterocycles. The summed E-state index contributed by atoms with van der Waals surface area (Å²) in [5.74, 6) is 1.44. The molecule has 1 atom stereocenters. The molecule has 8 heteroatoms. The van der Waals surface area contributed by atoms with E-state index in [1.54, 1.807) is 24.4 Å². The maximum atomic E-state index is 13.8. The number of aromatic nitrogens is 4. The van der Waals surface area contributed by atoms with Gasteiger partial charge in [-0.1, -0.05) is 25.1 Å². The molecule has 1 aromatic carbocycles. The lowest BCUT2D eigenvalue weighted by Crippen LogP contribution is -2.41. The Morgan fingerprint density at radius 3 is 3.07 bits per heavy atom. The summed E-state index contributed by atoms with van der Waals surface area (Å²) in [4.78, 5) is 21.9. The van der Waals surface area contributed by atoms with Crippen LogP contribution in [-0.2, 0) is 25.8 Å². The first kappa shape index (κ1) is 17.8. The van der Waals surface area contributed by atoms with E-state index in [4.69, 9.17) is 0 Å². The number of thiazole rings is 1. The van der Waals surface area contributed by atoms with Crippen molar-refractivity contribution in [3.05, 3.63) is 63.4 Å². The number of benzene rings is 1. The number of nitrogens with one attached hydrogen (secondary N) is 1. The molecule has 4 rings (SSSR count). The van der Waals surface area contributed by atoms with Gasteiger partial charge in [0.15, 0.2) is 5.82 Å². The van der Waals surface area contributed by atoms with Crippen molar-refractivity contribution in [3.63, 3.8) is 0 Å². The number of hydrogen-bond donors (Lipinski definition) is 1. The minimum absolute atomic E-state index is 0.0218. The third kappa shape index (κ3) is 3.90. The highest BCUT2D eigenvalue weighted by Gasteiger charge is 2.23. The fraction of sp³-hybridized carbons (Fsp3) is 0.368. The van der Waals surface area contributed by atoms with Crippen LogP contribution in [0.3, 0.4) is 0 Å². The van der Waals surface area contributed by atoms with Crippen LogP contribution >= 0.6 is 11.3 Å². The number of halogens is 1. The molecular weight excluding hydrogens is 365 g/mol. The average Bonchev–Trinajstić information content (AvgIpc) is 3.30. The molecule has 3 aromatic rings. The van der Waals surface area contributed by atoms with Gasteiger partial charge in [-0.25, -0.2) is 19.0 Å². The van der Waals surface area contributed by atoms with Gasteiger partial charge in [0.2, 0.25) is 0 Å². The lowest BCUT2D eigenvalue weighted by Gasteiger charge is -2.23. The smallest absolute Gasteiger partial charge is 0.263 e. The zero-order chi connectivity index (χ0) is 18.8. The van der Waals surface area contributed by atoms with Gasteiger partial charge in [-0.15, -0.1) is 11.3 Å². The Bertz CT molecular complexity index is 967. The summed E-state index contributed by atoms with van der Waals surface area (Å²) in [5.41, 5.74) is 0.580. The van der Waals surface area contributed by atoms with Crippen LogP contribution in [0.15, 0.2) is 30.5 Å². The molecule has 0 aliphatic carbocycles. The van der Waals surface area contributed by atoms with Crippen LogP contribution in [-0.4, -0.2) is 31.7 Å². The minimum atomic E-state index is -0.254. The second-order valence-corrected chi connectivity index (χ2v) is 7.69. The van der Waals surface area contributed by atoms with E-state index in [0.717, 1.165) is 35.9 Å². The van der Waals surface area contributed by atoms with E-state index >= 15 is 0 Å². The van der Waals surface area contributed by atoms with Gasteiger partial charge in [0.25, 0.3) is 5.91 Å². The number of carbonyl (C=O) groups is 1. The second kappa shape index (κ2) is 7.56. The van der Waals surface area contributed by atoms with E-state index in [1.807, 2.05) is 11.6 Å². The van der Waals surface area contributed by atoms with Crippen LogP contribution in [0, 0.1) is 5.82 Å². The van der Waals surface area contributed by atoms with E-state index in [9.17, 15) is 9.18 Å². The van der Waals surface area contributed by atoms with Crippen molar-refractivity contribution in [1.29, 1.82) is 0 Å². The lowest BCUT2D eigenvalue weighted by atomic mass is 10.1. The van der Waals surface area contributed by atoms with Crippen LogP contribution in [0.2, 0.25) is 0 Å². The van der Waals surface area contributed by atoms with Gasteiger partial charge in [-0.05, 0) is 18.1 Å². The number of hydrogen-bond acceptors (Lipinski definition) is 5. The highest BCUT2D eigenvalue weighted by molar-refractivity contribution is 7.13. The highest BCUT2D eigenvalue weighted by Crippen LogP contribution is 2.20. The number of aryl methyl sites for hydroxylation is 2. The lowest BCUT2D eigenvalue weighted by molar-refractivity contribution is 0.0930. The molecule has 1 unspecified atom stereocenters. The van der Waals surface area contributed by atoms with Gasteiger partial charge in [0, 0.05) is 25.3 Å². The van der Waals surface area contributed by atoms with Crippen molar-refractivity contribution in [2.45, 2.75) is 45.2 Å². The summed E-state index contributed by atoms with van der Waals surface area (Å²) in [6, 6.07) is 6.65. The Kier molecular flexibility index (Phi) is 4.98. The van der Waals surface area contributed by atoms with Crippen molar-refractivity contribution in [1.82, 2.24) is 25.1 Å². The molecule has 27 heavy (non-hydrogen) atoms. The highest BCUT2D eigenvalue weighted by atomic mass is 32.1. The Morgan fingerprint density at radius 2 is 2.26 bits per heavy atom. The van der Waals surface area contributed by atoms with Crippen molar-refractivity contribution in [2.75, 3.05) is 0 Å². The zero-order valence-electron chi connectivity index (χ0n) is 15.0. The second-order valence-electron chi connectivity index (χ2n) is 6.58. The molecule has 2 aromatic heterocycles. The van der Waals surface area contributed by atoms with E-state index in [-0.39, 0.29) is 17.8 Å². The first-order chi connectivity index (χ1) is 13.1. The standard InChI is InChI=1S/C19H20FN5OS/c1-2-16-23-17-8-7-13(11-25(17)24-16)22-19(26)15-10-21-18(27-15)9-12-5-3-4-6-14(12)20/h3-6,10,13H,2,7-9,11H2,1H3,(H,22,26). The molecular formula is C19H20FN5OS. The van der Waals surface area contributed by atoms with Gasteiger partial charge in [0.1, 0.15) is 16.5 Å². The van der Waals surface area contributed by atoms with Crippen LogP contribution < -0.4 is 5.32 Å². The monoisotopic (exact) mass is 385 g/mol. The summed E-state index contributed by atoms with van der Waals surface area (Å²) >= 11 is 1.30. The predicted molar refractivity (Wildman–Crippen MR) is 100 cm³/mol. The van der Waals surface area contributed by atoms with Crippen LogP contribution in [0.5, 0.6) is 0 Å². The van der Waals surface area contributed by atoms with E-state index in [2.05, 4.69) is 20.4 Å². The predicted octanol–water partition coefficient (Wildman–Crippen LogP) is 2.77. The quantitative estimate of drug-likeness (QED) is 0.733. The van der Waals surface area contributed by atoms with Gasteiger partial charge in [0.05, 0.1) is 17.7 Å². The van der Waals surface area contributed by atoms with Crippen LogP contribution in [0.25, 0.3) is 0 Å². The molecule has 0 fully saturated rings. The topological polar surface area (TPSA) is 72.7 Å². The molecule has 0 bridgehead atoms. The third-order valence-electron chi connectivity index (χ3n) is 4.63. The van der Waals surface area contributed by atoms with Gasteiger partial charge >= 0.3 is 0 Å². The molecule has 0 spiro atoms. The first-order valence-electron chi connectivity index (χ1n) is 9.04. The van der Waals surface area contributed by atoms with Crippen molar-refractivity contribution >= 4 is 17.2 Å². The summed E-state index contributed by atoms with van der Waals surface area (Å²) in [7, 11) is 0. The van der Waals surface area contributed by atoms with Crippen molar-refractivity contribution in [2.24, 2.45) is 0 Å². The number of nitrogens with zero attached hydrogens (tertiary/aromatic N) is 4. The maximum Gasteiger partial charge on any atom is 0.263 e. The number of amides is 1. The minimum Gasteiger partial charge on any atom is -0.347 e. The Balaban J connectivity index is 1.39. The number of carbonyl (C=O) groups excluding carboxylic acids is 1. The molecule has 0 saturated carbocycles. The van der Waals surface area contributed by atoms with E-state index in [1.165, 1.54) is 17.4 Å². The van der Waals surface area contributed by atoms with Crippen molar-refractivity contribution < 1.29 is 9.18 Å². The summed E-state index contributed by atoms with van der Waals surface area (Å²) in [6.45, 7) is 2.66. The molecule has 1 amide bonds. The van der Waals surface area contributed by atoms with Crippen molar-refractivity contribution in [3.8, 4) is 0 Å². The summed E-state index contributed by atoms with van der Waals surface area (Å²) < 4.78 is 15.7. The van der Waals surface area contributed by atoms with Crippen LogP contribution in [0.1, 0.15) is 45.2 Å². The molecule has 3 heterocycles. The Labute approximate surface area is 160 Å². The fourth-order valence-corrected chi connectivity index (χ4v) is 4.03. The molecule has 0 radical (unpaired) electrons. The SMILES string of the molecule is CCc1nc2n(n1)CC(NC(=O)c1cnc(Cc3ccccc3F)s1)CC2. The van der Waals surface area contributed by atoms with E-state index in [0.29, 0.717) is 23.4 Å². The van der Waals surface area contributed by atoms with Crippen LogP contribution in [0.4, 0.5) is 4.39 Å². The largest absolute Gasteiger partial charge is 0.347 e. The van der Waals surface area contributed by atoms with E-state index < -0.39 is 0 Å². The molecule has 1 aliphatic heterocycles. The number of rotatable bonds is 5.